The molecule has 0 atom stereocenters. The van der Waals surface area contributed by atoms with Gasteiger partial charge in [-0.1, -0.05) is 69.0 Å². The van der Waals surface area contributed by atoms with Crippen LogP contribution in [0.25, 0.3) is 5.70 Å². The molecule has 0 spiro atoms. The summed E-state index contributed by atoms with van der Waals surface area (Å²) in [5.74, 6) is -0.0644. The first kappa shape index (κ1) is 17.5. The number of carbonyl (C=O) groups is 1. The van der Waals surface area contributed by atoms with Gasteiger partial charge in [-0.3, -0.25) is 4.79 Å². The first-order valence-electron chi connectivity index (χ1n) is 8.49. The molecular weight excluding hydrogens is 336 g/mol. The van der Waals surface area contributed by atoms with Crippen molar-refractivity contribution < 1.29 is 4.79 Å². The van der Waals surface area contributed by atoms with Gasteiger partial charge in [-0.25, -0.2) is 0 Å². The fourth-order valence-corrected chi connectivity index (χ4v) is 4.33. The molecule has 24 heavy (non-hydrogen) atoms. The summed E-state index contributed by atoms with van der Waals surface area (Å²) in [6, 6.07) is 8.64. The highest BCUT2D eigenvalue weighted by molar-refractivity contribution is 8.26. The minimum absolute atomic E-state index is 0.0644. The fourth-order valence-electron chi connectivity index (χ4n) is 3.17. The van der Waals surface area contributed by atoms with Gasteiger partial charge in [0.05, 0.1) is 5.70 Å². The van der Waals surface area contributed by atoms with Crippen molar-refractivity contribution in [2.75, 3.05) is 13.1 Å². The van der Waals surface area contributed by atoms with Crippen LogP contribution >= 0.6 is 24.0 Å². The molecule has 1 aromatic carbocycles. The Morgan fingerprint density at radius 2 is 1.75 bits per heavy atom. The maximum atomic E-state index is 12.4. The van der Waals surface area contributed by atoms with Crippen molar-refractivity contribution in [2.24, 2.45) is 0 Å². The van der Waals surface area contributed by atoms with E-state index in [9.17, 15) is 4.79 Å². The van der Waals surface area contributed by atoms with Crippen LogP contribution in [0.5, 0.6) is 0 Å². The van der Waals surface area contributed by atoms with Crippen LogP contribution in [0.1, 0.15) is 51.2 Å². The molecule has 1 N–H and O–H groups in total. The summed E-state index contributed by atoms with van der Waals surface area (Å²) in [7, 11) is 0. The molecule has 2 fully saturated rings. The largest absolute Gasteiger partial charge is 0.370 e. The third kappa shape index (κ3) is 3.67. The lowest BCUT2D eigenvalue weighted by molar-refractivity contribution is -0.115. The summed E-state index contributed by atoms with van der Waals surface area (Å²) in [6.07, 6.45) is 3.61. The van der Waals surface area contributed by atoms with Crippen LogP contribution in [0.4, 0.5) is 0 Å². The zero-order valence-electron chi connectivity index (χ0n) is 14.5. The Balaban J connectivity index is 2.03. The molecule has 0 aliphatic carbocycles. The molecule has 1 amide bonds. The summed E-state index contributed by atoms with van der Waals surface area (Å²) < 4.78 is 0.552. The topological polar surface area (TPSA) is 32.3 Å². The van der Waals surface area contributed by atoms with Crippen LogP contribution in [0, 0.1) is 0 Å². The van der Waals surface area contributed by atoms with Gasteiger partial charge in [0.2, 0.25) is 0 Å². The summed E-state index contributed by atoms with van der Waals surface area (Å²) in [4.78, 5) is 15.5. The number of nitrogens with zero attached hydrogens (tertiary/aromatic N) is 1. The normalized spacial score (nSPS) is 21.0. The standard InChI is InChI=1S/C19H24N2OS2/c1-19(2,3)14-9-7-13(8-10-14)15(21-11-5-4-6-12-21)16-17(22)20-18(23)24-16/h7-10H,4-6,11-12H2,1-3H3,(H,20,22,23). The minimum Gasteiger partial charge on any atom is -0.370 e. The summed E-state index contributed by atoms with van der Waals surface area (Å²) in [5.41, 5.74) is 3.57. The number of amides is 1. The van der Waals surface area contributed by atoms with Gasteiger partial charge in [0.1, 0.15) is 9.23 Å². The first-order valence-corrected chi connectivity index (χ1v) is 9.72. The predicted octanol–water partition coefficient (Wildman–Crippen LogP) is 4.29. The van der Waals surface area contributed by atoms with Crippen LogP contribution in [0.2, 0.25) is 0 Å². The number of nitrogens with one attached hydrogen (secondary N) is 1. The highest BCUT2D eigenvalue weighted by atomic mass is 32.2. The molecule has 5 heteroatoms. The fraction of sp³-hybridized carbons (Fsp3) is 0.474. The second kappa shape index (κ2) is 6.89. The van der Waals surface area contributed by atoms with Gasteiger partial charge in [-0.15, -0.1) is 0 Å². The van der Waals surface area contributed by atoms with E-state index < -0.39 is 0 Å². The van der Waals surface area contributed by atoms with E-state index in [2.05, 4.69) is 55.3 Å². The number of piperidine rings is 1. The number of thioether (sulfide) groups is 1. The monoisotopic (exact) mass is 360 g/mol. The highest BCUT2D eigenvalue weighted by Crippen LogP contribution is 2.36. The maximum Gasteiger partial charge on any atom is 0.265 e. The van der Waals surface area contributed by atoms with Crippen molar-refractivity contribution in [1.29, 1.82) is 0 Å². The van der Waals surface area contributed by atoms with Crippen molar-refractivity contribution in [1.82, 2.24) is 10.2 Å². The molecule has 0 radical (unpaired) electrons. The van der Waals surface area contributed by atoms with Gasteiger partial charge in [0.15, 0.2) is 0 Å². The average molecular weight is 361 g/mol. The van der Waals surface area contributed by atoms with Crippen LogP contribution < -0.4 is 5.32 Å². The van der Waals surface area contributed by atoms with Gasteiger partial charge in [-0.2, -0.15) is 0 Å². The van der Waals surface area contributed by atoms with Gasteiger partial charge >= 0.3 is 0 Å². The Bertz CT molecular complexity index is 680. The van der Waals surface area contributed by atoms with Crippen molar-refractivity contribution in [3.63, 3.8) is 0 Å². The zero-order valence-corrected chi connectivity index (χ0v) is 16.1. The van der Waals surface area contributed by atoms with Crippen LogP contribution in [-0.4, -0.2) is 28.2 Å². The minimum atomic E-state index is -0.0644. The van der Waals surface area contributed by atoms with E-state index >= 15 is 0 Å². The molecule has 2 aliphatic rings. The Labute approximate surface area is 153 Å². The Morgan fingerprint density at radius 1 is 1.12 bits per heavy atom. The smallest absolute Gasteiger partial charge is 0.265 e. The second-order valence-corrected chi connectivity index (χ2v) is 9.08. The van der Waals surface area contributed by atoms with E-state index in [0.717, 1.165) is 29.3 Å². The third-order valence-electron chi connectivity index (χ3n) is 4.53. The van der Waals surface area contributed by atoms with Crippen LogP contribution in [-0.2, 0) is 10.2 Å². The number of likely N-dealkylation sites (tertiary alicyclic amines) is 1. The van der Waals surface area contributed by atoms with E-state index in [0.29, 0.717) is 4.32 Å². The Kier molecular flexibility index (Phi) is 5.02. The number of benzene rings is 1. The number of hydrogen-bond acceptors (Lipinski definition) is 4. The van der Waals surface area contributed by atoms with Gasteiger partial charge in [0, 0.05) is 13.1 Å². The number of carbonyl (C=O) groups excluding carboxylic acids is 1. The van der Waals surface area contributed by atoms with E-state index in [-0.39, 0.29) is 11.3 Å². The number of hydrogen-bond donors (Lipinski definition) is 1. The van der Waals surface area contributed by atoms with E-state index in [1.54, 1.807) is 0 Å². The Hall–Kier alpha value is -1.33. The van der Waals surface area contributed by atoms with Gasteiger partial charge in [-0.05, 0) is 35.8 Å². The molecule has 2 aliphatic heterocycles. The lowest BCUT2D eigenvalue weighted by Gasteiger charge is -2.32. The highest BCUT2D eigenvalue weighted by Gasteiger charge is 2.30. The van der Waals surface area contributed by atoms with Crippen molar-refractivity contribution >= 4 is 39.9 Å². The molecule has 128 valence electrons. The first-order chi connectivity index (χ1) is 11.4. The maximum absolute atomic E-state index is 12.4. The molecule has 2 heterocycles. The second-order valence-electron chi connectivity index (χ2n) is 7.40. The van der Waals surface area contributed by atoms with Gasteiger partial charge in [0.25, 0.3) is 5.91 Å². The average Bonchev–Trinajstić information content (AvgIpc) is 2.87. The zero-order chi connectivity index (χ0) is 17.3. The number of thiocarbonyl (C=S) groups is 1. The SMILES string of the molecule is CC(C)(C)c1ccc(C(=C2SC(=S)NC2=O)N2CCCCC2)cc1. The predicted molar refractivity (Wildman–Crippen MR) is 106 cm³/mol. The molecule has 0 aromatic heterocycles. The molecule has 0 unspecified atom stereocenters. The summed E-state index contributed by atoms with van der Waals surface area (Å²) in [6.45, 7) is 8.64. The molecular formula is C19H24N2OS2. The van der Waals surface area contributed by atoms with E-state index in [1.807, 2.05) is 0 Å². The van der Waals surface area contributed by atoms with Crippen molar-refractivity contribution in [3.05, 3.63) is 40.3 Å². The van der Waals surface area contributed by atoms with E-state index in [4.69, 9.17) is 12.2 Å². The molecule has 1 aromatic rings. The van der Waals surface area contributed by atoms with E-state index in [1.165, 1.54) is 36.6 Å². The molecule has 3 rings (SSSR count). The molecule has 2 saturated heterocycles. The molecule has 0 bridgehead atoms. The molecule has 3 nitrogen and oxygen atoms in total. The molecule has 0 saturated carbocycles. The summed E-state index contributed by atoms with van der Waals surface area (Å²) in [5, 5.41) is 2.76. The third-order valence-corrected chi connectivity index (χ3v) is 5.75. The van der Waals surface area contributed by atoms with Crippen LogP contribution in [0.3, 0.4) is 0 Å². The van der Waals surface area contributed by atoms with Crippen molar-refractivity contribution in [2.45, 2.75) is 45.4 Å². The Morgan fingerprint density at radius 3 is 2.25 bits per heavy atom. The van der Waals surface area contributed by atoms with Gasteiger partial charge < -0.3 is 10.2 Å². The lowest BCUT2D eigenvalue weighted by atomic mass is 9.86. The van der Waals surface area contributed by atoms with Crippen molar-refractivity contribution in [3.8, 4) is 0 Å². The van der Waals surface area contributed by atoms with Crippen LogP contribution in [0.15, 0.2) is 29.2 Å². The quantitative estimate of drug-likeness (QED) is 0.630. The lowest BCUT2D eigenvalue weighted by Crippen LogP contribution is -2.30. The number of rotatable bonds is 2. The summed E-state index contributed by atoms with van der Waals surface area (Å²) >= 11 is 6.58.